The van der Waals surface area contributed by atoms with Gasteiger partial charge in [-0.1, -0.05) is 66.2 Å². The minimum absolute atomic E-state index is 0.169. The Morgan fingerprint density at radius 1 is 0.857 bits per heavy atom. The van der Waals surface area contributed by atoms with Crippen LogP contribution in [0.5, 0.6) is 0 Å². The summed E-state index contributed by atoms with van der Waals surface area (Å²) in [5.41, 5.74) is 3.91. The van der Waals surface area contributed by atoms with Gasteiger partial charge >= 0.3 is 0 Å². The maximum atomic E-state index is 14.0. The molecule has 0 bridgehead atoms. The molecule has 0 saturated heterocycles. The van der Waals surface area contributed by atoms with E-state index in [1.54, 1.807) is 23.1 Å². The number of nitrogens with zero attached hydrogens (tertiary/aromatic N) is 1. The van der Waals surface area contributed by atoms with Gasteiger partial charge < -0.3 is 15.2 Å². The molecule has 2 heterocycles. The van der Waals surface area contributed by atoms with Crippen LogP contribution in [0.1, 0.15) is 21.5 Å². The first-order chi connectivity index (χ1) is 17.1. The number of hydrogen-bond donors (Lipinski definition) is 2. The summed E-state index contributed by atoms with van der Waals surface area (Å²) >= 11 is 6.31. The molecule has 2 N–H and O–H groups in total. The van der Waals surface area contributed by atoms with E-state index in [2.05, 4.69) is 34.6 Å². The lowest BCUT2D eigenvalue weighted by molar-refractivity contribution is -0.120. The van der Waals surface area contributed by atoms with Crippen molar-refractivity contribution in [3.8, 4) is 0 Å². The molecule has 6 heteroatoms. The molecule has 4 aromatic carbocycles. The molecule has 0 spiro atoms. The van der Waals surface area contributed by atoms with Crippen LogP contribution in [0.4, 0.5) is 5.69 Å². The van der Waals surface area contributed by atoms with Crippen molar-refractivity contribution >= 4 is 50.8 Å². The summed E-state index contributed by atoms with van der Waals surface area (Å²) < 4.78 is 0. The van der Waals surface area contributed by atoms with Gasteiger partial charge in [0.05, 0.1) is 17.8 Å². The summed E-state index contributed by atoms with van der Waals surface area (Å²) in [6.07, 6.45) is 2.29. The SMILES string of the molecule is O=C1N[C@@H](Cc2c[nH]c3ccccc23)C(=O)N(Cc2ccc3ccccc3c2)c2cc(Cl)ccc21. The molecule has 1 aliphatic heterocycles. The summed E-state index contributed by atoms with van der Waals surface area (Å²) in [5, 5.41) is 6.72. The molecule has 5 nitrogen and oxygen atoms in total. The molecule has 1 aromatic heterocycles. The summed E-state index contributed by atoms with van der Waals surface area (Å²) in [6.45, 7) is 0.330. The number of anilines is 1. The Morgan fingerprint density at radius 2 is 1.66 bits per heavy atom. The fraction of sp³-hybridized carbons (Fsp3) is 0.103. The number of rotatable bonds is 4. The highest BCUT2D eigenvalue weighted by Gasteiger charge is 2.34. The van der Waals surface area contributed by atoms with Gasteiger partial charge in [-0.15, -0.1) is 0 Å². The largest absolute Gasteiger partial charge is 0.361 e. The molecule has 172 valence electrons. The van der Waals surface area contributed by atoms with E-state index in [-0.39, 0.29) is 11.8 Å². The van der Waals surface area contributed by atoms with Gasteiger partial charge in [0.25, 0.3) is 5.91 Å². The molecule has 1 atom stereocenters. The van der Waals surface area contributed by atoms with Gasteiger partial charge in [-0.3, -0.25) is 9.59 Å². The number of aromatic amines is 1. The second-order valence-corrected chi connectivity index (χ2v) is 9.29. The third kappa shape index (κ3) is 3.94. The molecule has 1 aliphatic rings. The van der Waals surface area contributed by atoms with Crippen LogP contribution in [-0.4, -0.2) is 22.8 Å². The van der Waals surface area contributed by atoms with Crippen LogP contribution >= 0.6 is 11.6 Å². The number of aromatic nitrogens is 1. The molecule has 0 fully saturated rings. The summed E-state index contributed by atoms with van der Waals surface area (Å²) in [4.78, 5) is 32.1. The highest BCUT2D eigenvalue weighted by atomic mass is 35.5. The Hall–Kier alpha value is -4.09. The Balaban J connectivity index is 1.41. The van der Waals surface area contributed by atoms with Gasteiger partial charge in [-0.25, -0.2) is 0 Å². The van der Waals surface area contributed by atoms with E-state index in [1.165, 1.54) is 0 Å². The highest BCUT2D eigenvalue weighted by Crippen LogP contribution is 2.31. The topological polar surface area (TPSA) is 65.2 Å². The average Bonchev–Trinajstić information content (AvgIpc) is 3.25. The number of fused-ring (bicyclic) bond motifs is 3. The molecular formula is C29H22ClN3O2. The number of halogens is 1. The number of amides is 2. The zero-order chi connectivity index (χ0) is 23.9. The monoisotopic (exact) mass is 479 g/mol. The van der Waals surface area contributed by atoms with Crippen LogP contribution in [0.25, 0.3) is 21.7 Å². The van der Waals surface area contributed by atoms with Crippen molar-refractivity contribution in [2.75, 3.05) is 4.90 Å². The van der Waals surface area contributed by atoms with Crippen molar-refractivity contribution in [1.82, 2.24) is 10.3 Å². The number of H-pyrrole nitrogens is 1. The van der Waals surface area contributed by atoms with E-state index in [1.807, 2.05) is 48.7 Å². The molecule has 0 aliphatic carbocycles. The van der Waals surface area contributed by atoms with Crippen LogP contribution in [0.2, 0.25) is 5.02 Å². The minimum Gasteiger partial charge on any atom is -0.361 e. The van der Waals surface area contributed by atoms with E-state index < -0.39 is 6.04 Å². The minimum atomic E-state index is -0.715. The fourth-order valence-electron chi connectivity index (χ4n) is 4.87. The van der Waals surface area contributed by atoms with Gasteiger partial charge in [-0.2, -0.15) is 0 Å². The normalized spacial score (nSPS) is 15.8. The molecule has 2 amide bonds. The number of hydrogen-bond acceptors (Lipinski definition) is 2. The number of carbonyl (C=O) groups is 2. The molecule has 0 unspecified atom stereocenters. The zero-order valence-electron chi connectivity index (χ0n) is 18.8. The lowest BCUT2D eigenvalue weighted by Gasteiger charge is -2.26. The lowest BCUT2D eigenvalue weighted by Crippen LogP contribution is -2.46. The van der Waals surface area contributed by atoms with Gasteiger partial charge in [0.2, 0.25) is 5.91 Å². The van der Waals surface area contributed by atoms with Crippen molar-refractivity contribution in [2.45, 2.75) is 19.0 Å². The maximum absolute atomic E-state index is 14.0. The maximum Gasteiger partial charge on any atom is 0.254 e. The fourth-order valence-corrected chi connectivity index (χ4v) is 5.03. The quantitative estimate of drug-likeness (QED) is 0.339. The highest BCUT2D eigenvalue weighted by molar-refractivity contribution is 6.31. The van der Waals surface area contributed by atoms with E-state index in [4.69, 9.17) is 11.6 Å². The third-order valence-corrected chi connectivity index (χ3v) is 6.85. The van der Waals surface area contributed by atoms with Gasteiger partial charge in [0.15, 0.2) is 0 Å². The summed E-state index contributed by atoms with van der Waals surface area (Å²) in [7, 11) is 0. The number of carbonyl (C=O) groups excluding carboxylic acids is 2. The van der Waals surface area contributed by atoms with Gasteiger partial charge in [0, 0.05) is 28.5 Å². The van der Waals surface area contributed by atoms with Crippen LogP contribution in [0.3, 0.4) is 0 Å². The smallest absolute Gasteiger partial charge is 0.254 e. The second-order valence-electron chi connectivity index (χ2n) is 8.86. The second kappa shape index (κ2) is 8.60. The van der Waals surface area contributed by atoms with E-state index in [0.717, 1.165) is 32.8 Å². The predicted octanol–water partition coefficient (Wildman–Crippen LogP) is 5.86. The predicted molar refractivity (Wildman–Crippen MR) is 140 cm³/mol. The third-order valence-electron chi connectivity index (χ3n) is 6.62. The van der Waals surface area contributed by atoms with Crippen molar-refractivity contribution in [2.24, 2.45) is 0 Å². The Morgan fingerprint density at radius 3 is 2.54 bits per heavy atom. The van der Waals surface area contributed by atoms with Crippen LogP contribution in [0, 0.1) is 0 Å². The van der Waals surface area contributed by atoms with Crippen molar-refractivity contribution in [3.63, 3.8) is 0 Å². The summed E-state index contributed by atoms with van der Waals surface area (Å²) in [5.74, 6) is -0.450. The van der Waals surface area contributed by atoms with E-state index in [0.29, 0.717) is 29.2 Å². The number of nitrogens with one attached hydrogen (secondary N) is 2. The van der Waals surface area contributed by atoms with Crippen LogP contribution in [-0.2, 0) is 17.8 Å². The van der Waals surface area contributed by atoms with E-state index >= 15 is 0 Å². The van der Waals surface area contributed by atoms with Crippen molar-refractivity contribution in [1.29, 1.82) is 0 Å². The number of para-hydroxylation sites is 1. The van der Waals surface area contributed by atoms with E-state index in [9.17, 15) is 9.59 Å². The average molecular weight is 480 g/mol. The van der Waals surface area contributed by atoms with Gasteiger partial charge in [0.1, 0.15) is 6.04 Å². The zero-order valence-corrected chi connectivity index (χ0v) is 19.5. The Labute approximate surface area is 207 Å². The molecule has 35 heavy (non-hydrogen) atoms. The lowest BCUT2D eigenvalue weighted by atomic mass is 10.0. The van der Waals surface area contributed by atoms with Crippen LogP contribution in [0.15, 0.2) is 91.1 Å². The molecule has 0 radical (unpaired) electrons. The standard InChI is InChI=1S/C29H22ClN3O2/c30-22-11-12-24-27(15-22)33(17-18-9-10-19-5-1-2-6-20(19)13-18)29(35)26(32-28(24)34)14-21-16-31-25-8-4-3-7-23(21)25/h1-13,15-16,26,31H,14,17H2,(H,32,34)/t26-/m0/s1. The van der Waals surface area contributed by atoms with Gasteiger partial charge in [-0.05, 0) is 52.2 Å². The first kappa shape index (κ1) is 21.4. The molecule has 6 rings (SSSR count). The Bertz CT molecular complexity index is 1610. The summed E-state index contributed by atoms with van der Waals surface area (Å²) in [6, 6.07) is 26.6. The van der Waals surface area contributed by atoms with Crippen molar-refractivity contribution < 1.29 is 9.59 Å². The van der Waals surface area contributed by atoms with Crippen LogP contribution < -0.4 is 10.2 Å². The van der Waals surface area contributed by atoms with Crippen molar-refractivity contribution in [3.05, 3.63) is 113 Å². The number of benzene rings is 4. The Kier molecular flexibility index (Phi) is 5.27. The molecule has 5 aromatic rings. The molecular weight excluding hydrogens is 458 g/mol. The first-order valence-electron chi connectivity index (χ1n) is 11.5. The molecule has 0 saturated carbocycles. The first-order valence-corrected chi connectivity index (χ1v) is 11.9.